The molecule has 0 heterocycles. The molecule has 4 nitrogen and oxygen atoms in total. The molecule has 64 valence electrons. The standard InChI is InChI=1S/C7H13NO3/c1-6(10)5-7(11)8-3-2-4-9/h5,8-9,11H,2-4H2,1H3/b7-5-. The Labute approximate surface area is 65.5 Å². The van der Waals surface area contributed by atoms with Gasteiger partial charge in [0, 0.05) is 19.2 Å². The molecule has 0 aromatic heterocycles. The Kier molecular flexibility index (Phi) is 5.20. The second-order valence-corrected chi connectivity index (χ2v) is 2.14. The lowest BCUT2D eigenvalue weighted by Gasteiger charge is -2.01. The van der Waals surface area contributed by atoms with Crippen LogP contribution in [0.25, 0.3) is 0 Å². The number of aliphatic hydroxyl groups excluding tert-OH is 2. The lowest BCUT2D eigenvalue weighted by molar-refractivity contribution is -0.112. The number of rotatable bonds is 5. The maximum Gasteiger partial charge on any atom is 0.187 e. The number of hydrogen-bond acceptors (Lipinski definition) is 4. The van der Waals surface area contributed by atoms with E-state index in [-0.39, 0.29) is 18.3 Å². The van der Waals surface area contributed by atoms with Crippen LogP contribution in [0.3, 0.4) is 0 Å². The van der Waals surface area contributed by atoms with E-state index >= 15 is 0 Å². The lowest BCUT2D eigenvalue weighted by atomic mass is 10.4. The Bertz CT molecular complexity index is 154. The first-order chi connectivity index (χ1) is 5.16. The van der Waals surface area contributed by atoms with Crippen molar-refractivity contribution in [2.45, 2.75) is 13.3 Å². The Balaban J connectivity index is 3.51. The second-order valence-electron chi connectivity index (χ2n) is 2.14. The van der Waals surface area contributed by atoms with Crippen LogP contribution in [-0.4, -0.2) is 29.1 Å². The molecule has 0 saturated heterocycles. The van der Waals surface area contributed by atoms with E-state index in [0.717, 1.165) is 6.08 Å². The zero-order valence-corrected chi connectivity index (χ0v) is 6.50. The highest BCUT2D eigenvalue weighted by Crippen LogP contribution is 1.83. The molecule has 0 aromatic carbocycles. The summed E-state index contributed by atoms with van der Waals surface area (Å²) in [5, 5.41) is 19.8. The molecular weight excluding hydrogens is 146 g/mol. The van der Waals surface area contributed by atoms with E-state index in [1.54, 1.807) is 0 Å². The predicted octanol–water partition coefficient (Wildman–Crippen LogP) is -0.0532. The average molecular weight is 159 g/mol. The Morgan fingerprint density at radius 2 is 2.27 bits per heavy atom. The summed E-state index contributed by atoms with van der Waals surface area (Å²) in [5.41, 5.74) is 0. The molecule has 0 rings (SSSR count). The number of ketones is 1. The van der Waals surface area contributed by atoms with Crippen molar-refractivity contribution < 1.29 is 15.0 Å². The van der Waals surface area contributed by atoms with Crippen molar-refractivity contribution in [3.8, 4) is 0 Å². The molecule has 0 radical (unpaired) electrons. The fourth-order valence-corrected chi connectivity index (χ4v) is 0.539. The second kappa shape index (κ2) is 5.73. The van der Waals surface area contributed by atoms with Crippen LogP contribution in [0.15, 0.2) is 12.0 Å². The van der Waals surface area contributed by atoms with Crippen LogP contribution in [-0.2, 0) is 4.79 Å². The van der Waals surface area contributed by atoms with Crippen LogP contribution < -0.4 is 5.32 Å². The average Bonchev–Trinajstić information content (AvgIpc) is 1.86. The topological polar surface area (TPSA) is 69.6 Å². The zero-order chi connectivity index (χ0) is 8.69. The minimum atomic E-state index is -0.209. The van der Waals surface area contributed by atoms with Gasteiger partial charge in [-0.3, -0.25) is 4.79 Å². The van der Waals surface area contributed by atoms with E-state index in [2.05, 4.69) is 5.32 Å². The van der Waals surface area contributed by atoms with E-state index in [9.17, 15) is 4.79 Å². The smallest absolute Gasteiger partial charge is 0.187 e. The molecule has 0 aromatic rings. The van der Waals surface area contributed by atoms with Crippen molar-refractivity contribution in [3.63, 3.8) is 0 Å². The SMILES string of the molecule is CC(=O)/C=C(\O)NCCCO. The minimum Gasteiger partial charge on any atom is -0.495 e. The normalized spacial score (nSPS) is 11.3. The highest BCUT2D eigenvalue weighted by molar-refractivity contribution is 5.87. The van der Waals surface area contributed by atoms with Gasteiger partial charge in [-0.1, -0.05) is 0 Å². The van der Waals surface area contributed by atoms with E-state index in [0.29, 0.717) is 13.0 Å². The molecule has 0 amide bonds. The molecule has 0 spiro atoms. The molecule has 0 aliphatic rings. The Hall–Kier alpha value is -1.03. The molecular formula is C7H13NO3. The Morgan fingerprint density at radius 3 is 2.73 bits per heavy atom. The van der Waals surface area contributed by atoms with Crippen LogP contribution in [0.1, 0.15) is 13.3 Å². The monoisotopic (exact) mass is 159 g/mol. The molecule has 0 saturated carbocycles. The summed E-state index contributed by atoms with van der Waals surface area (Å²) in [6.07, 6.45) is 1.65. The molecule has 11 heavy (non-hydrogen) atoms. The quantitative estimate of drug-likeness (QED) is 0.299. The number of carbonyl (C=O) groups is 1. The summed E-state index contributed by atoms with van der Waals surface area (Å²) in [4.78, 5) is 10.4. The van der Waals surface area contributed by atoms with Crippen molar-refractivity contribution in [1.29, 1.82) is 0 Å². The zero-order valence-electron chi connectivity index (χ0n) is 6.50. The maximum absolute atomic E-state index is 10.4. The molecule has 0 bridgehead atoms. The van der Waals surface area contributed by atoms with Gasteiger partial charge in [-0.2, -0.15) is 0 Å². The van der Waals surface area contributed by atoms with Crippen molar-refractivity contribution >= 4 is 5.78 Å². The molecule has 0 fully saturated rings. The van der Waals surface area contributed by atoms with Crippen molar-refractivity contribution in [3.05, 3.63) is 12.0 Å². The van der Waals surface area contributed by atoms with Crippen LogP contribution in [0, 0.1) is 0 Å². The maximum atomic E-state index is 10.4. The first-order valence-corrected chi connectivity index (χ1v) is 3.42. The van der Waals surface area contributed by atoms with E-state index in [4.69, 9.17) is 10.2 Å². The van der Waals surface area contributed by atoms with Gasteiger partial charge in [-0.25, -0.2) is 0 Å². The van der Waals surface area contributed by atoms with Gasteiger partial charge in [0.25, 0.3) is 0 Å². The van der Waals surface area contributed by atoms with Crippen LogP contribution >= 0.6 is 0 Å². The highest BCUT2D eigenvalue weighted by Gasteiger charge is 1.92. The van der Waals surface area contributed by atoms with Gasteiger partial charge in [0.2, 0.25) is 0 Å². The largest absolute Gasteiger partial charge is 0.495 e. The number of carbonyl (C=O) groups excluding carboxylic acids is 1. The van der Waals surface area contributed by atoms with Gasteiger partial charge in [-0.15, -0.1) is 0 Å². The third kappa shape index (κ3) is 6.86. The first-order valence-electron chi connectivity index (χ1n) is 3.42. The number of aliphatic hydroxyl groups is 2. The summed E-state index contributed by atoms with van der Waals surface area (Å²) >= 11 is 0. The third-order valence-corrected chi connectivity index (χ3v) is 0.981. The van der Waals surface area contributed by atoms with Crippen molar-refractivity contribution in [1.82, 2.24) is 5.32 Å². The van der Waals surface area contributed by atoms with E-state index < -0.39 is 0 Å². The molecule has 3 N–H and O–H groups in total. The van der Waals surface area contributed by atoms with E-state index in [1.165, 1.54) is 6.92 Å². The summed E-state index contributed by atoms with van der Waals surface area (Å²) in [5.74, 6) is -0.357. The summed E-state index contributed by atoms with van der Waals surface area (Å²) in [6.45, 7) is 1.89. The van der Waals surface area contributed by atoms with Crippen molar-refractivity contribution in [2.24, 2.45) is 0 Å². The first kappa shape index (κ1) is 9.97. The van der Waals surface area contributed by atoms with Crippen LogP contribution in [0.4, 0.5) is 0 Å². The number of hydrogen-bond donors (Lipinski definition) is 3. The van der Waals surface area contributed by atoms with Gasteiger partial charge in [-0.05, 0) is 13.3 Å². The highest BCUT2D eigenvalue weighted by atomic mass is 16.3. The fourth-order valence-electron chi connectivity index (χ4n) is 0.539. The summed E-state index contributed by atoms with van der Waals surface area (Å²) < 4.78 is 0. The molecule has 4 heteroatoms. The molecule has 0 aliphatic heterocycles. The van der Waals surface area contributed by atoms with Crippen molar-refractivity contribution in [2.75, 3.05) is 13.2 Å². The predicted molar refractivity (Wildman–Crippen MR) is 41.1 cm³/mol. The minimum absolute atomic E-state index is 0.0698. The van der Waals surface area contributed by atoms with Gasteiger partial charge < -0.3 is 15.5 Å². The van der Waals surface area contributed by atoms with Gasteiger partial charge in [0.15, 0.2) is 11.7 Å². The van der Waals surface area contributed by atoms with Crippen LogP contribution in [0.2, 0.25) is 0 Å². The molecule has 0 unspecified atom stereocenters. The number of allylic oxidation sites excluding steroid dienone is 1. The van der Waals surface area contributed by atoms with Gasteiger partial charge in [0.05, 0.1) is 0 Å². The van der Waals surface area contributed by atoms with Gasteiger partial charge >= 0.3 is 0 Å². The third-order valence-electron chi connectivity index (χ3n) is 0.981. The van der Waals surface area contributed by atoms with Crippen LogP contribution in [0.5, 0.6) is 0 Å². The Morgan fingerprint density at radius 1 is 1.64 bits per heavy atom. The summed E-state index contributed by atoms with van der Waals surface area (Å²) in [7, 11) is 0. The lowest BCUT2D eigenvalue weighted by Crippen LogP contribution is -2.16. The molecule has 0 atom stereocenters. The fraction of sp³-hybridized carbons (Fsp3) is 0.571. The molecule has 0 aliphatic carbocycles. The van der Waals surface area contributed by atoms with E-state index in [1.807, 2.05) is 0 Å². The number of nitrogens with one attached hydrogen (secondary N) is 1. The van der Waals surface area contributed by atoms with Gasteiger partial charge in [0.1, 0.15) is 0 Å². The summed E-state index contributed by atoms with van der Waals surface area (Å²) in [6, 6.07) is 0.